The summed E-state index contributed by atoms with van der Waals surface area (Å²) < 4.78 is 38.4. The predicted molar refractivity (Wildman–Crippen MR) is 113 cm³/mol. The van der Waals surface area contributed by atoms with Gasteiger partial charge in [0.2, 0.25) is 5.95 Å². The lowest BCUT2D eigenvalue weighted by molar-refractivity contribution is -0.182. The van der Waals surface area contributed by atoms with Crippen molar-refractivity contribution in [1.82, 2.24) is 20.3 Å². The summed E-state index contributed by atoms with van der Waals surface area (Å²) in [6.07, 6.45) is -2.13. The van der Waals surface area contributed by atoms with Crippen LogP contribution in [0.4, 0.5) is 24.8 Å². The molecule has 0 spiro atoms. The zero-order chi connectivity index (χ0) is 22.2. The number of nitrogens with one attached hydrogen (secondary N) is 3. The number of imidazole rings is 1. The van der Waals surface area contributed by atoms with Crippen LogP contribution in [0.15, 0.2) is 30.5 Å². The van der Waals surface area contributed by atoms with Gasteiger partial charge in [0.15, 0.2) is 0 Å². The van der Waals surface area contributed by atoms with Crippen molar-refractivity contribution >= 4 is 51.8 Å². The van der Waals surface area contributed by atoms with E-state index in [0.29, 0.717) is 32.7 Å². The van der Waals surface area contributed by atoms with Crippen LogP contribution in [0, 0.1) is 5.92 Å². The average Bonchev–Trinajstić information content (AvgIpc) is 3.12. The summed E-state index contributed by atoms with van der Waals surface area (Å²) >= 11 is 12.3. The molecule has 0 bridgehead atoms. The van der Waals surface area contributed by atoms with Crippen molar-refractivity contribution in [2.75, 3.05) is 5.32 Å². The number of fused-ring (bicyclic) bond motifs is 1. The van der Waals surface area contributed by atoms with Gasteiger partial charge in [-0.25, -0.2) is 9.97 Å². The van der Waals surface area contributed by atoms with Gasteiger partial charge in [-0.05, 0) is 43.9 Å². The first kappa shape index (κ1) is 21.7. The van der Waals surface area contributed by atoms with E-state index >= 15 is 0 Å². The number of rotatable bonds is 4. The molecule has 11 heteroatoms. The van der Waals surface area contributed by atoms with Gasteiger partial charge < -0.3 is 15.6 Å². The molecule has 0 saturated heterocycles. The standard InChI is InChI=1S/C20H18Cl2F3N5O/c21-12-2-1-3-13(22)17(12)30-19-28-14-8-15(26-9-16(14)29-19)18(31)27-11-6-4-10(5-7-11)20(23,24)25/h1-3,8-11H,4-7H2,(H,27,31)(H2,28,29,30). The van der Waals surface area contributed by atoms with Crippen LogP contribution in [0.5, 0.6) is 0 Å². The van der Waals surface area contributed by atoms with Crippen LogP contribution in [0.2, 0.25) is 10.0 Å². The van der Waals surface area contributed by atoms with Crippen LogP contribution in [0.1, 0.15) is 36.2 Å². The first-order valence-electron chi connectivity index (χ1n) is 9.65. The lowest BCUT2D eigenvalue weighted by Gasteiger charge is -2.30. The summed E-state index contributed by atoms with van der Waals surface area (Å²) in [4.78, 5) is 24.1. The Kier molecular flexibility index (Phi) is 5.98. The van der Waals surface area contributed by atoms with Gasteiger partial charge in [-0.1, -0.05) is 29.3 Å². The number of aromatic amines is 1. The smallest absolute Gasteiger partial charge is 0.348 e. The second-order valence-electron chi connectivity index (χ2n) is 7.46. The topological polar surface area (TPSA) is 82.7 Å². The van der Waals surface area contributed by atoms with Gasteiger partial charge >= 0.3 is 6.18 Å². The Hall–Kier alpha value is -2.52. The normalized spacial score (nSPS) is 19.4. The fourth-order valence-corrected chi connectivity index (χ4v) is 4.15. The number of carbonyl (C=O) groups excluding carboxylic acids is 1. The quantitative estimate of drug-likeness (QED) is 0.444. The van der Waals surface area contributed by atoms with Gasteiger partial charge in [0.1, 0.15) is 11.2 Å². The highest BCUT2D eigenvalue weighted by molar-refractivity contribution is 6.39. The number of alkyl halides is 3. The maximum absolute atomic E-state index is 12.8. The molecule has 1 fully saturated rings. The molecule has 1 saturated carbocycles. The highest BCUT2D eigenvalue weighted by Gasteiger charge is 2.41. The Morgan fingerprint density at radius 2 is 1.81 bits per heavy atom. The Morgan fingerprint density at radius 1 is 1.13 bits per heavy atom. The fourth-order valence-electron chi connectivity index (χ4n) is 3.66. The molecule has 1 amide bonds. The molecule has 1 aliphatic rings. The molecule has 0 aliphatic heterocycles. The van der Waals surface area contributed by atoms with Crippen molar-refractivity contribution in [3.05, 3.63) is 46.2 Å². The molecule has 0 atom stereocenters. The second kappa shape index (κ2) is 8.55. The predicted octanol–water partition coefficient (Wildman–Crippen LogP) is 5.86. The third-order valence-corrected chi connectivity index (χ3v) is 5.96. The minimum absolute atomic E-state index is 0.0150. The molecule has 1 aromatic carbocycles. The van der Waals surface area contributed by atoms with E-state index in [1.807, 2.05) is 0 Å². The van der Waals surface area contributed by atoms with E-state index in [1.54, 1.807) is 24.3 Å². The number of carbonyl (C=O) groups is 1. The lowest BCUT2D eigenvalue weighted by Crippen LogP contribution is -2.40. The summed E-state index contributed by atoms with van der Waals surface area (Å²) in [5.41, 5.74) is 1.72. The summed E-state index contributed by atoms with van der Waals surface area (Å²) in [7, 11) is 0. The Morgan fingerprint density at radius 3 is 2.45 bits per heavy atom. The van der Waals surface area contributed by atoms with E-state index in [4.69, 9.17) is 23.2 Å². The van der Waals surface area contributed by atoms with Crippen LogP contribution in [0.25, 0.3) is 11.0 Å². The van der Waals surface area contributed by atoms with Crippen LogP contribution < -0.4 is 10.6 Å². The third-order valence-electron chi connectivity index (χ3n) is 5.33. The van der Waals surface area contributed by atoms with Gasteiger partial charge in [0, 0.05) is 6.04 Å². The van der Waals surface area contributed by atoms with E-state index in [-0.39, 0.29) is 37.4 Å². The van der Waals surface area contributed by atoms with E-state index in [2.05, 4.69) is 25.6 Å². The first-order valence-corrected chi connectivity index (χ1v) is 10.4. The molecule has 6 nitrogen and oxygen atoms in total. The van der Waals surface area contributed by atoms with Gasteiger partial charge in [-0.2, -0.15) is 13.2 Å². The van der Waals surface area contributed by atoms with Gasteiger partial charge in [0.25, 0.3) is 5.91 Å². The van der Waals surface area contributed by atoms with Gasteiger partial charge in [0.05, 0.1) is 33.4 Å². The van der Waals surface area contributed by atoms with Crippen molar-refractivity contribution in [2.45, 2.75) is 37.9 Å². The minimum Gasteiger partial charge on any atom is -0.348 e. The number of H-pyrrole nitrogens is 1. The molecule has 1 aliphatic carbocycles. The van der Waals surface area contributed by atoms with Gasteiger partial charge in [-0.3, -0.25) is 4.79 Å². The summed E-state index contributed by atoms with van der Waals surface area (Å²) in [5, 5.41) is 6.63. The number of aromatic nitrogens is 3. The molecular formula is C20H18Cl2F3N5O. The number of para-hydroxylation sites is 1. The molecule has 3 aromatic rings. The summed E-state index contributed by atoms with van der Waals surface area (Å²) in [6, 6.07) is 6.33. The second-order valence-corrected chi connectivity index (χ2v) is 8.27. The molecule has 0 radical (unpaired) electrons. The maximum Gasteiger partial charge on any atom is 0.391 e. The molecule has 2 heterocycles. The number of hydrogen-bond donors (Lipinski definition) is 3. The third kappa shape index (κ3) is 4.88. The number of nitrogens with zero attached hydrogens (tertiary/aromatic N) is 2. The highest BCUT2D eigenvalue weighted by atomic mass is 35.5. The maximum atomic E-state index is 12.8. The monoisotopic (exact) mass is 471 g/mol. The van der Waals surface area contributed by atoms with Crippen molar-refractivity contribution in [1.29, 1.82) is 0 Å². The summed E-state index contributed by atoms with van der Waals surface area (Å²) in [5.74, 6) is -1.36. The number of benzene rings is 1. The van der Waals surface area contributed by atoms with E-state index < -0.39 is 18.0 Å². The number of anilines is 2. The van der Waals surface area contributed by atoms with Gasteiger partial charge in [-0.15, -0.1) is 0 Å². The molecule has 164 valence electrons. The molecule has 31 heavy (non-hydrogen) atoms. The summed E-state index contributed by atoms with van der Waals surface area (Å²) in [6.45, 7) is 0. The van der Waals surface area contributed by atoms with Crippen LogP contribution in [-0.2, 0) is 0 Å². The lowest BCUT2D eigenvalue weighted by atomic mass is 9.85. The average molecular weight is 472 g/mol. The number of hydrogen-bond acceptors (Lipinski definition) is 4. The zero-order valence-electron chi connectivity index (χ0n) is 16.1. The zero-order valence-corrected chi connectivity index (χ0v) is 17.6. The highest BCUT2D eigenvalue weighted by Crippen LogP contribution is 2.37. The number of amides is 1. The Bertz CT molecular complexity index is 1090. The Labute approximate surface area is 185 Å². The number of pyridine rings is 1. The van der Waals surface area contributed by atoms with Crippen LogP contribution >= 0.6 is 23.2 Å². The van der Waals surface area contributed by atoms with E-state index in [0.717, 1.165) is 0 Å². The molecular weight excluding hydrogens is 454 g/mol. The fraction of sp³-hybridized carbons (Fsp3) is 0.350. The van der Waals surface area contributed by atoms with Crippen LogP contribution in [-0.4, -0.2) is 33.1 Å². The van der Waals surface area contributed by atoms with Crippen molar-refractivity contribution in [3.8, 4) is 0 Å². The molecule has 0 unspecified atom stereocenters. The largest absolute Gasteiger partial charge is 0.391 e. The first-order chi connectivity index (χ1) is 14.7. The molecule has 2 aromatic heterocycles. The van der Waals surface area contributed by atoms with E-state index in [1.165, 1.54) is 6.20 Å². The molecule has 3 N–H and O–H groups in total. The van der Waals surface area contributed by atoms with Crippen LogP contribution in [0.3, 0.4) is 0 Å². The molecule has 4 rings (SSSR count). The SMILES string of the molecule is O=C(NC1CCC(C(F)(F)F)CC1)c1cc2[nH]c(Nc3c(Cl)cccc3Cl)nc2cn1. The van der Waals surface area contributed by atoms with Crippen molar-refractivity contribution < 1.29 is 18.0 Å². The number of halogens is 5. The van der Waals surface area contributed by atoms with Crippen molar-refractivity contribution in [3.63, 3.8) is 0 Å². The van der Waals surface area contributed by atoms with Crippen molar-refractivity contribution in [2.24, 2.45) is 5.92 Å². The van der Waals surface area contributed by atoms with E-state index in [9.17, 15) is 18.0 Å². The minimum atomic E-state index is -4.18. The Balaban J connectivity index is 1.44.